The van der Waals surface area contributed by atoms with Crippen molar-refractivity contribution in [3.05, 3.63) is 54.6 Å². The van der Waals surface area contributed by atoms with Gasteiger partial charge >= 0.3 is 5.97 Å². The first-order chi connectivity index (χ1) is 10.2. The van der Waals surface area contributed by atoms with Gasteiger partial charge in [-0.3, -0.25) is 9.20 Å². The van der Waals surface area contributed by atoms with E-state index in [4.69, 9.17) is 0 Å². The van der Waals surface area contributed by atoms with Gasteiger partial charge in [0.2, 0.25) is 0 Å². The highest BCUT2D eigenvalue weighted by atomic mass is 32.2. The van der Waals surface area contributed by atoms with E-state index in [0.29, 0.717) is 17.1 Å². The molecule has 0 bridgehead atoms. The van der Waals surface area contributed by atoms with Crippen LogP contribution < -0.4 is 0 Å². The summed E-state index contributed by atoms with van der Waals surface area (Å²) >= 11 is 1.19. The second-order valence-corrected chi connectivity index (χ2v) is 5.62. The van der Waals surface area contributed by atoms with Crippen LogP contribution in [0.4, 0.5) is 0 Å². The van der Waals surface area contributed by atoms with E-state index in [1.165, 1.54) is 11.8 Å². The highest BCUT2D eigenvalue weighted by Gasteiger charge is 2.22. The number of rotatable bonds is 5. The summed E-state index contributed by atoms with van der Waals surface area (Å²) in [5.41, 5.74) is 1.55. The second kappa shape index (κ2) is 5.92. The largest absolute Gasteiger partial charge is 0.480 e. The third-order valence-electron chi connectivity index (χ3n) is 2.98. The molecule has 0 amide bonds. The molecule has 0 saturated carbocycles. The summed E-state index contributed by atoms with van der Waals surface area (Å²) in [6.45, 7) is 0. The Labute approximate surface area is 124 Å². The van der Waals surface area contributed by atoms with Crippen molar-refractivity contribution >= 4 is 23.4 Å². The van der Waals surface area contributed by atoms with Gasteiger partial charge in [-0.15, -0.1) is 10.2 Å². The second-order valence-electron chi connectivity index (χ2n) is 4.43. The first kappa shape index (κ1) is 13.6. The lowest BCUT2D eigenvalue weighted by molar-refractivity contribution is -0.136. The molecular weight excluding hydrogens is 288 g/mol. The van der Waals surface area contributed by atoms with Crippen LogP contribution in [0.1, 0.15) is 5.56 Å². The average molecular weight is 300 g/mol. The van der Waals surface area contributed by atoms with E-state index in [-0.39, 0.29) is 0 Å². The van der Waals surface area contributed by atoms with Gasteiger partial charge in [-0.1, -0.05) is 42.1 Å². The monoisotopic (exact) mass is 300 g/mol. The summed E-state index contributed by atoms with van der Waals surface area (Å²) in [6, 6.07) is 9.54. The Bertz CT molecular complexity index is 760. The number of aromatic nitrogens is 4. The molecule has 0 aliphatic heterocycles. The van der Waals surface area contributed by atoms with Gasteiger partial charge in [-0.2, -0.15) is 0 Å². The number of carbonyl (C=O) groups is 1. The van der Waals surface area contributed by atoms with Crippen molar-refractivity contribution in [2.75, 3.05) is 0 Å². The van der Waals surface area contributed by atoms with Crippen LogP contribution in [0.2, 0.25) is 0 Å². The van der Waals surface area contributed by atoms with Crippen LogP contribution in [0.15, 0.2) is 54.1 Å². The van der Waals surface area contributed by atoms with Gasteiger partial charge in [0.25, 0.3) is 0 Å². The van der Waals surface area contributed by atoms with Gasteiger partial charge in [0, 0.05) is 12.4 Å². The summed E-state index contributed by atoms with van der Waals surface area (Å²) in [7, 11) is 0. The van der Waals surface area contributed by atoms with Crippen LogP contribution in [0.25, 0.3) is 5.65 Å². The van der Waals surface area contributed by atoms with E-state index < -0.39 is 11.2 Å². The minimum atomic E-state index is -0.868. The third kappa shape index (κ3) is 3.03. The average Bonchev–Trinajstić information content (AvgIpc) is 2.97. The van der Waals surface area contributed by atoms with E-state index >= 15 is 0 Å². The van der Waals surface area contributed by atoms with Gasteiger partial charge in [-0.05, 0) is 12.0 Å². The normalized spacial score (nSPS) is 12.4. The number of nitrogens with zero attached hydrogens (tertiary/aromatic N) is 4. The lowest BCUT2D eigenvalue weighted by atomic mass is 10.1. The summed E-state index contributed by atoms with van der Waals surface area (Å²) in [5, 5.41) is 17.2. The van der Waals surface area contributed by atoms with Crippen LogP contribution in [0.3, 0.4) is 0 Å². The molecule has 21 heavy (non-hydrogen) atoms. The Morgan fingerprint density at radius 1 is 1.33 bits per heavy atom. The predicted molar refractivity (Wildman–Crippen MR) is 78.2 cm³/mol. The lowest BCUT2D eigenvalue weighted by Gasteiger charge is -2.11. The minimum absolute atomic E-state index is 0.428. The van der Waals surface area contributed by atoms with E-state index in [1.54, 1.807) is 23.1 Å². The zero-order chi connectivity index (χ0) is 14.7. The SMILES string of the molecule is O=C(O)C(Cc1ccccc1)Sc1nccn2cnnc12. The smallest absolute Gasteiger partial charge is 0.317 e. The molecule has 6 nitrogen and oxygen atoms in total. The number of aliphatic carboxylic acids is 1. The Balaban J connectivity index is 1.85. The van der Waals surface area contributed by atoms with Crippen molar-refractivity contribution in [2.24, 2.45) is 0 Å². The maximum atomic E-state index is 11.5. The van der Waals surface area contributed by atoms with Crippen LogP contribution in [-0.2, 0) is 11.2 Å². The Morgan fingerprint density at radius 2 is 2.14 bits per heavy atom. The maximum absolute atomic E-state index is 11.5. The van der Waals surface area contributed by atoms with Crippen LogP contribution in [0, 0.1) is 0 Å². The fraction of sp³-hybridized carbons (Fsp3) is 0.143. The highest BCUT2D eigenvalue weighted by molar-refractivity contribution is 8.00. The molecule has 0 aliphatic rings. The first-order valence-electron chi connectivity index (χ1n) is 6.32. The predicted octanol–water partition coefficient (Wildman–Crippen LogP) is 1.91. The van der Waals surface area contributed by atoms with E-state index in [2.05, 4.69) is 15.2 Å². The standard InChI is InChI=1S/C14H12N4O2S/c19-14(20)11(8-10-4-2-1-3-5-10)21-13-12-17-16-9-18(12)7-6-15-13/h1-7,9,11H,8H2,(H,19,20). The summed E-state index contributed by atoms with van der Waals surface area (Å²) < 4.78 is 1.72. The molecule has 2 heterocycles. The zero-order valence-electron chi connectivity index (χ0n) is 11.0. The molecule has 0 aliphatic carbocycles. The third-order valence-corrected chi connectivity index (χ3v) is 4.14. The molecule has 3 aromatic rings. The molecule has 106 valence electrons. The molecule has 1 unspecified atom stereocenters. The van der Waals surface area contributed by atoms with Gasteiger partial charge in [0.05, 0.1) is 0 Å². The van der Waals surface area contributed by atoms with Gasteiger partial charge in [0.15, 0.2) is 5.65 Å². The topological polar surface area (TPSA) is 80.4 Å². The first-order valence-corrected chi connectivity index (χ1v) is 7.20. The molecular formula is C14H12N4O2S. The Hall–Kier alpha value is -2.41. The molecule has 1 atom stereocenters. The van der Waals surface area contributed by atoms with Crippen LogP contribution in [-0.4, -0.2) is 35.9 Å². The molecule has 7 heteroatoms. The molecule has 0 saturated heterocycles. The summed E-state index contributed by atoms with van der Waals surface area (Å²) in [5.74, 6) is -0.868. The van der Waals surface area contributed by atoms with Gasteiger partial charge < -0.3 is 5.11 Å². The van der Waals surface area contributed by atoms with Crippen molar-refractivity contribution in [1.29, 1.82) is 0 Å². The fourth-order valence-corrected chi connectivity index (χ4v) is 2.98. The van der Waals surface area contributed by atoms with E-state index in [0.717, 1.165) is 5.56 Å². The fourth-order valence-electron chi connectivity index (χ4n) is 1.96. The Kier molecular flexibility index (Phi) is 3.83. The van der Waals surface area contributed by atoms with E-state index in [9.17, 15) is 9.90 Å². The van der Waals surface area contributed by atoms with Crippen molar-refractivity contribution in [2.45, 2.75) is 16.7 Å². The lowest BCUT2D eigenvalue weighted by Crippen LogP contribution is -2.19. The number of hydrogen-bond donors (Lipinski definition) is 1. The van der Waals surface area contributed by atoms with Gasteiger partial charge in [0.1, 0.15) is 16.6 Å². The summed E-state index contributed by atoms with van der Waals surface area (Å²) in [6.07, 6.45) is 5.33. The highest BCUT2D eigenvalue weighted by Crippen LogP contribution is 2.26. The molecule has 2 aromatic heterocycles. The van der Waals surface area contributed by atoms with Crippen molar-refractivity contribution in [3.63, 3.8) is 0 Å². The quantitative estimate of drug-likeness (QED) is 0.725. The number of carboxylic acids is 1. The number of carboxylic acid groups (broad SMARTS) is 1. The number of thioether (sulfide) groups is 1. The van der Waals surface area contributed by atoms with Crippen molar-refractivity contribution in [1.82, 2.24) is 19.6 Å². The number of benzene rings is 1. The maximum Gasteiger partial charge on any atom is 0.317 e. The van der Waals surface area contributed by atoms with Crippen LogP contribution >= 0.6 is 11.8 Å². The molecule has 1 N–H and O–H groups in total. The molecule has 1 aromatic carbocycles. The van der Waals surface area contributed by atoms with Crippen LogP contribution in [0.5, 0.6) is 0 Å². The van der Waals surface area contributed by atoms with Gasteiger partial charge in [-0.25, -0.2) is 4.98 Å². The number of fused-ring (bicyclic) bond motifs is 1. The van der Waals surface area contributed by atoms with Crippen molar-refractivity contribution in [3.8, 4) is 0 Å². The molecule has 3 rings (SSSR count). The molecule has 0 radical (unpaired) electrons. The molecule has 0 spiro atoms. The zero-order valence-corrected chi connectivity index (χ0v) is 11.8. The van der Waals surface area contributed by atoms with E-state index in [1.807, 2.05) is 30.3 Å². The number of hydrogen-bond acceptors (Lipinski definition) is 5. The minimum Gasteiger partial charge on any atom is -0.480 e. The summed E-state index contributed by atoms with van der Waals surface area (Å²) in [4.78, 5) is 15.7. The molecule has 0 fully saturated rings. The Morgan fingerprint density at radius 3 is 2.90 bits per heavy atom. The van der Waals surface area contributed by atoms with Crippen molar-refractivity contribution < 1.29 is 9.90 Å².